The Bertz CT molecular complexity index is 822. The van der Waals surface area contributed by atoms with Crippen LogP contribution in [0.1, 0.15) is 18.7 Å². The van der Waals surface area contributed by atoms with Gasteiger partial charge in [-0.25, -0.2) is 0 Å². The van der Waals surface area contributed by atoms with Gasteiger partial charge in [0.05, 0.1) is 6.54 Å². The predicted molar refractivity (Wildman–Crippen MR) is 96.5 cm³/mol. The van der Waals surface area contributed by atoms with E-state index < -0.39 is 0 Å². The third kappa shape index (κ3) is 3.66. The van der Waals surface area contributed by atoms with Crippen molar-refractivity contribution in [2.24, 2.45) is 5.92 Å². The van der Waals surface area contributed by atoms with Crippen LogP contribution in [0.4, 0.5) is 5.82 Å². The quantitative estimate of drug-likeness (QED) is 0.770. The van der Waals surface area contributed by atoms with Crippen molar-refractivity contribution in [1.82, 2.24) is 30.0 Å². The molecule has 1 saturated heterocycles. The van der Waals surface area contributed by atoms with Crippen molar-refractivity contribution in [2.45, 2.75) is 19.4 Å². The van der Waals surface area contributed by atoms with Gasteiger partial charge in [0, 0.05) is 33.1 Å². The van der Waals surface area contributed by atoms with Crippen LogP contribution in [0.25, 0.3) is 5.65 Å². The van der Waals surface area contributed by atoms with Crippen LogP contribution in [-0.2, 0) is 16.1 Å². The minimum atomic E-state index is -0.103. The Morgan fingerprint density at radius 2 is 2.04 bits per heavy atom. The predicted octanol–water partition coefficient (Wildman–Crippen LogP) is 0.231. The van der Waals surface area contributed by atoms with E-state index in [1.165, 1.54) is 6.08 Å². The van der Waals surface area contributed by atoms with E-state index in [-0.39, 0.29) is 24.3 Å². The van der Waals surface area contributed by atoms with Crippen LogP contribution in [0.5, 0.6) is 0 Å². The Morgan fingerprint density at radius 1 is 1.31 bits per heavy atom. The molecule has 9 nitrogen and oxygen atoms in total. The number of nitrogens with one attached hydrogen (secondary N) is 1. The van der Waals surface area contributed by atoms with Crippen LogP contribution in [0.15, 0.2) is 24.8 Å². The monoisotopic (exact) mass is 357 g/mol. The Hall–Kier alpha value is -2.97. The lowest BCUT2D eigenvalue weighted by molar-refractivity contribution is -0.132. The fraction of sp³-hybridized carbons (Fsp3) is 0.471. The number of likely N-dealkylation sites (tertiary alicyclic amines) is 1. The van der Waals surface area contributed by atoms with Gasteiger partial charge in [-0.05, 0) is 31.1 Å². The second-order valence-electron chi connectivity index (χ2n) is 6.49. The molecule has 0 bridgehead atoms. The third-order valence-corrected chi connectivity index (χ3v) is 4.54. The normalized spacial score (nSPS) is 15.1. The molecule has 0 radical (unpaired) electrons. The maximum Gasteiger partial charge on any atom is 0.245 e. The van der Waals surface area contributed by atoms with Crippen molar-refractivity contribution in [3.63, 3.8) is 0 Å². The smallest absolute Gasteiger partial charge is 0.245 e. The molecule has 9 heteroatoms. The molecular formula is C17H23N7O2. The van der Waals surface area contributed by atoms with Crippen LogP contribution in [0.3, 0.4) is 0 Å². The molecular weight excluding hydrogens is 334 g/mol. The van der Waals surface area contributed by atoms with Crippen LogP contribution in [-0.4, -0.2) is 63.7 Å². The van der Waals surface area contributed by atoms with E-state index in [1.807, 2.05) is 31.1 Å². The number of anilines is 1. The molecule has 0 saturated carbocycles. The molecule has 2 amide bonds. The third-order valence-electron chi connectivity index (χ3n) is 4.54. The number of fused-ring (bicyclic) bond motifs is 1. The second-order valence-corrected chi connectivity index (χ2v) is 6.49. The first-order valence-electron chi connectivity index (χ1n) is 8.57. The summed E-state index contributed by atoms with van der Waals surface area (Å²) in [4.78, 5) is 27.6. The Labute approximate surface area is 151 Å². The van der Waals surface area contributed by atoms with Crippen molar-refractivity contribution in [3.8, 4) is 0 Å². The maximum absolute atomic E-state index is 12.4. The molecule has 138 valence electrons. The zero-order valence-electron chi connectivity index (χ0n) is 15.1. The largest absolute Gasteiger partial charge is 0.361 e. The molecule has 0 aliphatic carbocycles. The lowest BCUT2D eigenvalue weighted by Crippen LogP contribution is -2.42. The van der Waals surface area contributed by atoms with E-state index in [4.69, 9.17) is 0 Å². The van der Waals surface area contributed by atoms with Crippen molar-refractivity contribution in [1.29, 1.82) is 0 Å². The van der Waals surface area contributed by atoms with Crippen molar-refractivity contribution < 1.29 is 9.59 Å². The number of hydrogen-bond acceptors (Lipinski definition) is 6. The Balaban J connectivity index is 1.60. The van der Waals surface area contributed by atoms with E-state index in [0.29, 0.717) is 37.4 Å². The van der Waals surface area contributed by atoms with Crippen molar-refractivity contribution >= 4 is 23.3 Å². The van der Waals surface area contributed by atoms with Crippen molar-refractivity contribution in [3.05, 3.63) is 30.6 Å². The first-order valence-corrected chi connectivity index (χ1v) is 8.57. The van der Waals surface area contributed by atoms with Gasteiger partial charge < -0.3 is 15.1 Å². The van der Waals surface area contributed by atoms with Gasteiger partial charge >= 0.3 is 0 Å². The van der Waals surface area contributed by atoms with Crippen LogP contribution in [0, 0.1) is 5.92 Å². The first-order chi connectivity index (χ1) is 12.5. The molecule has 3 heterocycles. The second kappa shape index (κ2) is 7.51. The molecule has 1 fully saturated rings. The fourth-order valence-corrected chi connectivity index (χ4v) is 2.97. The standard InChI is InChI=1S/C17H23N7O2/c1-4-16(25)23-9-7-12(8-10-23)17(26)18-11-15-20-19-13-5-6-14(22(2)3)21-24(13)15/h4-6,12H,1,7-11H2,2-3H3,(H,18,26). The average molecular weight is 357 g/mol. The van der Waals surface area contributed by atoms with E-state index in [2.05, 4.69) is 27.2 Å². The molecule has 3 rings (SSSR count). The van der Waals surface area contributed by atoms with E-state index in [0.717, 1.165) is 5.82 Å². The summed E-state index contributed by atoms with van der Waals surface area (Å²) in [5.41, 5.74) is 0.635. The summed E-state index contributed by atoms with van der Waals surface area (Å²) in [7, 11) is 3.81. The molecule has 1 aliphatic heterocycles. The summed E-state index contributed by atoms with van der Waals surface area (Å²) >= 11 is 0. The number of carbonyl (C=O) groups is 2. The molecule has 0 aromatic carbocycles. The highest BCUT2D eigenvalue weighted by molar-refractivity contribution is 5.87. The number of hydrogen-bond donors (Lipinski definition) is 1. The van der Waals surface area contributed by atoms with Gasteiger partial charge in [-0.3, -0.25) is 9.59 Å². The Kier molecular flexibility index (Phi) is 5.15. The average Bonchev–Trinajstić information content (AvgIpc) is 3.07. The molecule has 1 N–H and O–H groups in total. The van der Waals surface area contributed by atoms with Crippen LogP contribution < -0.4 is 10.2 Å². The van der Waals surface area contributed by atoms with E-state index in [9.17, 15) is 9.59 Å². The lowest BCUT2D eigenvalue weighted by atomic mass is 9.96. The zero-order chi connectivity index (χ0) is 18.7. The molecule has 0 atom stereocenters. The van der Waals surface area contributed by atoms with Crippen LogP contribution in [0.2, 0.25) is 0 Å². The first kappa shape index (κ1) is 17.8. The minimum absolute atomic E-state index is 0.0313. The molecule has 26 heavy (non-hydrogen) atoms. The summed E-state index contributed by atoms with van der Waals surface area (Å²) in [6, 6.07) is 3.71. The highest BCUT2D eigenvalue weighted by atomic mass is 16.2. The summed E-state index contributed by atoms with van der Waals surface area (Å²) in [6.45, 7) is 4.90. The number of carbonyl (C=O) groups excluding carboxylic acids is 2. The Morgan fingerprint density at radius 3 is 2.69 bits per heavy atom. The number of nitrogens with zero attached hydrogens (tertiary/aromatic N) is 6. The topological polar surface area (TPSA) is 95.7 Å². The highest BCUT2D eigenvalue weighted by Gasteiger charge is 2.26. The number of piperidine rings is 1. The highest BCUT2D eigenvalue weighted by Crippen LogP contribution is 2.18. The van der Waals surface area contributed by atoms with Gasteiger partial charge in [0.15, 0.2) is 11.5 Å². The van der Waals surface area contributed by atoms with Gasteiger partial charge in [-0.1, -0.05) is 6.58 Å². The van der Waals surface area contributed by atoms with Gasteiger partial charge in [0.2, 0.25) is 11.8 Å². The summed E-state index contributed by atoms with van der Waals surface area (Å²) < 4.78 is 1.64. The maximum atomic E-state index is 12.4. The number of amides is 2. The fourth-order valence-electron chi connectivity index (χ4n) is 2.97. The van der Waals surface area contributed by atoms with Gasteiger partial charge in [-0.2, -0.15) is 4.52 Å². The van der Waals surface area contributed by atoms with Crippen LogP contribution >= 0.6 is 0 Å². The summed E-state index contributed by atoms with van der Waals surface area (Å²) in [5.74, 6) is 1.14. The minimum Gasteiger partial charge on any atom is -0.361 e. The van der Waals surface area contributed by atoms with Gasteiger partial charge in [0.25, 0.3) is 0 Å². The van der Waals surface area contributed by atoms with Gasteiger partial charge in [0.1, 0.15) is 5.82 Å². The number of rotatable bonds is 5. The molecule has 0 unspecified atom stereocenters. The molecule has 1 aliphatic rings. The molecule has 2 aromatic heterocycles. The lowest BCUT2D eigenvalue weighted by Gasteiger charge is -2.30. The molecule has 0 spiro atoms. The van der Waals surface area contributed by atoms with Gasteiger partial charge in [-0.15, -0.1) is 15.3 Å². The summed E-state index contributed by atoms with van der Waals surface area (Å²) in [5, 5.41) is 15.6. The van der Waals surface area contributed by atoms with Crippen molar-refractivity contribution in [2.75, 3.05) is 32.1 Å². The summed E-state index contributed by atoms with van der Waals surface area (Å²) in [6.07, 6.45) is 2.61. The molecule has 2 aromatic rings. The SMILES string of the molecule is C=CC(=O)N1CCC(C(=O)NCc2nnc3ccc(N(C)C)nn23)CC1. The zero-order valence-corrected chi connectivity index (χ0v) is 15.1. The van der Waals surface area contributed by atoms with E-state index in [1.54, 1.807) is 9.42 Å². The van der Waals surface area contributed by atoms with E-state index >= 15 is 0 Å². The number of aromatic nitrogens is 4.